The van der Waals surface area contributed by atoms with E-state index in [-0.39, 0.29) is 61.2 Å². The highest BCUT2D eigenvalue weighted by Gasteiger charge is 2.23. The number of aryl methyl sites for hydroxylation is 4. The fraction of sp³-hybridized carbons (Fsp3) is 0.200. The van der Waals surface area contributed by atoms with Crippen molar-refractivity contribution < 1.29 is 58.5 Å². The molecule has 7 aromatic carbocycles. The maximum absolute atomic E-state index is 14.4. The average Bonchev–Trinajstić information content (AvgIpc) is 4.14. The van der Waals surface area contributed by atoms with Crippen molar-refractivity contribution in [3.63, 3.8) is 0 Å². The number of hydrogen-bond donors (Lipinski definition) is 5. The summed E-state index contributed by atoms with van der Waals surface area (Å²) in [6, 6.07) is 43.0. The van der Waals surface area contributed by atoms with Crippen LogP contribution in [0.4, 0.5) is 0 Å². The number of fused-ring (bicyclic) bond motifs is 8. The molecule has 0 bridgehead atoms. The van der Waals surface area contributed by atoms with Gasteiger partial charge in [-0.25, -0.2) is 0 Å². The van der Waals surface area contributed by atoms with Crippen LogP contribution in [0.2, 0.25) is 0 Å². The van der Waals surface area contributed by atoms with E-state index in [2.05, 4.69) is 73.4 Å². The fourth-order valence-electron chi connectivity index (χ4n) is 11.2. The van der Waals surface area contributed by atoms with Gasteiger partial charge in [0.15, 0.2) is 24.8 Å². The van der Waals surface area contributed by atoms with Crippen LogP contribution in [0.5, 0.6) is 17.2 Å². The summed E-state index contributed by atoms with van der Waals surface area (Å²) in [5, 5.41) is 32.8. The van der Waals surface area contributed by atoms with Crippen molar-refractivity contribution in [2.75, 3.05) is 26.2 Å². The first kappa shape index (κ1) is 55.7. The van der Waals surface area contributed by atoms with Crippen molar-refractivity contribution in [3.05, 3.63) is 197 Å². The van der Waals surface area contributed by atoms with Gasteiger partial charge in [-0.3, -0.25) is 9.59 Å². The first-order valence-corrected chi connectivity index (χ1v) is 26.7. The van der Waals surface area contributed by atoms with Crippen LogP contribution in [0.15, 0.2) is 158 Å². The van der Waals surface area contributed by atoms with Gasteiger partial charge in [0.25, 0.3) is 11.8 Å². The van der Waals surface area contributed by atoms with Gasteiger partial charge in [-0.2, -0.15) is 9.13 Å². The van der Waals surface area contributed by atoms with Crippen molar-refractivity contribution in [3.8, 4) is 17.2 Å². The van der Waals surface area contributed by atoms with Gasteiger partial charge in [0, 0.05) is 74.1 Å². The standard InChI is InChI=1S/C65H59ClN6O5.2ClH/c1-40-54-36-70(30-26-50(54)42(3)64-60(40)52-34-47(73)20-24-56(52)68-64)38-58(75)67-28-12-7-13-29-72(32-33-77-49-22-18-45(19-23-49)62(44-14-8-5-9-15-44)63(66)46-16-10-6-11-17-46)59(76)39-71-31-27-51-43(4)65-61(41(2)55(51)37-71)53-35-48(74)21-25-57(53)69-65;;/h5-6,8-11,14-27,30-31,34-37H,7,12-13,28-29,32-33,38-39H2,1-4H3,(H3,67,73,74,75);2*1H/b63-62+;;. The number of phenolic OH excluding ortho intramolecular Hbond substituents is 2. The van der Waals surface area contributed by atoms with E-state index < -0.39 is 0 Å². The molecule has 11 aromatic rings. The molecule has 0 aliphatic heterocycles. The number of carbonyl (C=O) groups is 2. The quantitative estimate of drug-likeness (QED) is 0.0401. The maximum Gasteiger partial charge on any atom is 0.288 e. The minimum Gasteiger partial charge on any atom is -1.00 e. The van der Waals surface area contributed by atoms with Crippen LogP contribution in [-0.2, 0) is 22.7 Å². The number of nitrogens with one attached hydrogen (secondary N) is 3. The minimum absolute atomic E-state index is 0. The zero-order valence-corrected chi connectivity index (χ0v) is 46.7. The molecule has 11 rings (SSSR count). The molecule has 79 heavy (non-hydrogen) atoms. The molecule has 402 valence electrons. The van der Waals surface area contributed by atoms with Gasteiger partial charge in [0.1, 0.15) is 23.9 Å². The number of pyridine rings is 2. The lowest BCUT2D eigenvalue weighted by Gasteiger charge is -2.22. The summed E-state index contributed by atoms with van der Waals surface area (Å²) in [5.41, 5.74) is 12.2. The third-order valence-electron chi connectivity index (χ3n) is 15.2. The number of benzene rings is 7. The number of hydrogen-bond acceptors (Lipinski definition) is 5. The number of nitrogens with zero attached hydrogens (tertiary/aromatic N) is 3. The van der Waals surface area contributed by atoms with E-state index >= 15 is 0 Å². The van der Waals surface area contributed by atoms with E-state index in [4.69, 9.17) is 16.3 Å². The summed E-state index contributed by atoms with van der Waals surface area (Å²) in [7, 11) is 0. The Morgan fingerprint density at radius 1 is 0.570 bits per heavy atom. The second-order valence-electron chi connectivity index (χ2n) is 20.2. The van der Waals surface area contributed by atoms with Crippen molar-refractivity contribution in [1.82, 2.24) is 20.2 Å². The minimum atomic E-state index is -0.0724. The van der Waals surface area contributed by atoms with E-state index in [1.807, 2.05) is 118 Å². The Labute approximate surface area is 475 Å². The Balaban J connectivity index is 0.00000378. The lowest BCUT2D eigenvalue weighted by Crippen LogP contribution is -3.00. The number of halogens is 3. The van der Waals surface area contributed by atoms with E-state index in [0.29, 0.717) is 37.0 Å². The first-order valence-electron chi connectivity index (χ1n) is 26.3. The zero-order valence-electron chi connectivity index (χ0n) is 44.5. The molecule has 14 heteroatoms. The predicted octanol–water partition coefficient (Wildman–Crippen LogP) is 6.54. The van der Waals surface area contributed by atoms with Gasteiger partial charge in [0.05, 0.1) is 22.6 Å². The normalized spacial score (nSPS) is 11.8. The Morgan fingerprint density at radius 3 is 1.65 bits per heavy atom. The largest absolute Gasteiger partial charge is 1.00 e. The monoisotopic (exact) mass is 1110 g/mol. The fourth-order valence-corrected chi connectivity index (χ4v) is 11.5. The number of rotatable bonds is 17. The van der Waals surface area contributed by atoms with Gasteiger partial charge in [0.2, 0.25) is 13.1 Å². The number of aromatic hydroxyl groups is 2. The van der Waals surface area contributed by atoms with E-state index in [9.17, 15) is 19.8 Å². The van der Waals surface area contributed by atoms with E-state index in [1.54, 1.807) is 24.3 Å². The van der Waals surface area contributed by atoms with Gasteiger partial charge >= 0.3 is 0 Å². The van der Waals surface area contributed by atoms with E-state index in [0.717, 1.165) is 129 Å². The molecule has 0 unspecified atom stereocenters. The lowest BCUT2D eigenvalue weighted by molar-refractivity contribution is -0.683. The van der Waals surface area contributed by atoms with Gasteiger partial charge in [-0.1, -0.05) is 84.4 Å². The number of H-pyrrole nitrogens is 2. The summed E-state index contributed by atoms with van der Waals surface area (Å²) in [6.45, 7) is 10.4. The number of phenols is 2. The molecule has 5 N–H and O–H groups in total. The smallest absolute Gasteiger partial charge is 0.288 e. The van der Waals surface area contributed by atoms with Crippen LogP contribution in [0.3, 0.4) is 0 Å². The second kappa shape index (κ2) is 23.9. The highest BCUT2D eigenvalue weighted by atomic mass is 35.5. The van der Waals surface area contributed by atoms with Crippen LogP contribution in [0, 0.1) is 27.7 Å². The predicted molar refractivity (Wildman–Crippen MR) is 309 cm³/mol. The molecule has 0 radical (unpaired) electrons. The molecule has 4 heterocycles. The summed E-state index contributed by atoms with van der Waals surface area (Å²) in [4.78, 5) is 36.7. The molecule has 0 saturated carbocycles. The topological polar surface area (TPSA) is 138 Å². The summed E-state index contributed by atoms with van der Waals surface area (Å²) >= 11 is 7.11. The van der Waals surface area contributed by atoms with Crippen molar-refractivity contribution in [2.24, 2.45) is 0 Å². The third kappa shape index (κ3) is 11.3. The molecule has 0 spiro atoms. The number of unbranched alkanes of at least 4 members (excludes halogenated alkanes) is 2. The number of carbonyl (C=O) groups excluding carboxylic acids is 2. The average molecular weight is 1110 g/mol. The summed E-state index contributed by atoms with van der Waals surface area (Å²) < 4.78 is 10.2. The summed E-state index contributed by atoms with van der Waals surface area (Å²) in [5.74, 6) is 1.03. The van der Waals surface area contributed by atoms with E-state index in [1.165, 1.54) is 0 Å². The molecule has 0 saturated heterocycles. The van der Waals surface area contributed by atoms with Gasteiger partial charge in [-0.05, 0) is 145 Å². The van der Waals surface area contributed by atoms with Crippen LogP contribution >= 0.6 is 11.6 Å². The molecule has 0 aliphatic carbocycles. The lowest BCUT2D eigenvalue weighted by atomic mass is 9.95. The molecular formula is C65H61Cl3N6O5. The Kier molecular flexibility index (Phi) is 16.8. The molecule has 0 aliphatic rings. The molecule has 0 fully saturated rings. The number of ether oxygens (including phenoxy) is 1. The zero-order chi connectivity index (χ0) is 53.3. The highest BCUT2D eigenvalue weighted by Crippen LogP contribution is 2.40. The Hall–Kier alpha value is -8.09. The summed E-state index contributed by atoms with van der Waals surface area (Å²) in [6.07, 6.45) is 10.3. The molecule has 11 nitrogen and oxygen atoms in total. The second-order valence-corrected chi connectivity index (χ2v) is 20.6. The van der Waals surface area contributed by atoms with Crippen molar-refractivity contribution in [2.45, 2.75) is 60.0 Å². The first-order chi connectivity index (χ1) is 37.4. The molecule has 2 amide bonds. The van der Waals surface area contributed by atoms with Crippen LogP contribution in [0.25, 0.3) is 75.8 Å². The Morgan fingerprint density at radius 2 is 1.09 bits per heavy atom. The number of aromatic nitrogens is 4. The van der Waals surface area contributed by atoms with Crippen LogP contribution in [-0.4, -0.2) is 63.1 Å². The van der Waals surface area contributed by atoms with Crippen LogP contribution < -0.4 is 44.0 Å². The van der Waals surface area contributed by atoms with Crippen molar-refractivity contribution >= 4 is 99.2 Å². The number of amides is 2. The van der Waals surface area contributed by atoms with Crippen molar-refractivity contribution in [1.29, 1.82) is 0 Å². The number of aromatic amines is 2. The molecule has 0 atom stereocenters. The third-order valence-corrected chi connectivity index (χ3v) is 15.6. The molecular weight excluding hydrogens is 1050 g/mol. The van der Waals surface area contributed by atoms with Gasteiger partial charge in [-0.15, -0.1) is 0 Å². The molecule has 4 aromatic heterocycles. The van der Waals surface area contributed by atoms with Crippen LogP contribution in [0.1, 0.15) is 58.2 Å². The highest BCUT2D eigenvalue weighted by molar-refractivity contribution is 6.53. The van der Waals surface area contributed by atoms with Gasteiger partial charge < -0.3 is 59.9 Å². The SMILES string of the molecule is Cc1c2cc[n+](CC(=O)NCCCCCN(CCOc3ccc(/C(=C(/Cl)c4ccccc4)c4ccccc4)cc3)C(=O)C[n+]3ccc4c(C)c5[nH]c6ccc(O)cc6c5c(C)c4c3)cc2c(C)c2c1[nH]c1ccc(O)cc12.[Cl-].[Cl-]. The Bertz CT molecular complexity index is 4100. The maximum atomic E-state index is 14.4.